The van der Waals surface area contributed by atoms with E-state index in [1.807, 2.05) is 30.3 Å². The number of aliphatic hydroxyl groups is 1. The summed E-state index contributed by atoms with van der Waals surface area (Å²) < 4.78 is 5.52. The molecule has 0 spiro atoms. The summed E-state index contributed by atoms with van der Waals surface area (Å²) in [7, 11) is 0. The average molecular weight is 235 g/mol. The predicted molar refractivity (Wildman–Crippen MR) is 63.2 cm³/mol. The number of carbonyl (C=O) groups excluding carboxylic acids is 1. The second-order valence-electron chi connectivity index (χ2n) is 4.32. The van der Waals surface area contributed by atoms with Crippen LogP contribution in [-0.4, -0.2) is 30.3 Å². The quantitative estimate of drug-likeness (QED) is 0.790. The summed E-state index contributed by atoms with van der Waals surface area (Å²) in [6.07, 6.45) is 0.657. The molecular weight excluding hydrogens is 218 g/mol. The van der Waals surface area contributed by atoms with Crippen LogP contribution in [0.5, 0.6) is 0 Å². The highest BCUT2D eigenvalue weighted by Gasteiger charge is 2.31. The Morgan fingerprint density at radius 3 is 2.76 bits per heavy atom. The van der Waals surface area contributed by atoms with E-state index in [1.165, 1.54) is 0 Å². The molecule has 1 aliphatic rings. The maximum atomic E-state index is 11.5. The number of benzene rings is 1. The van der Waals surface area contributed by atoms with Crippen LogP contribution in [0.1, 0.15) is 12.0 Å². The Bertz CT molecular complexity index is 366. The SMILES string of the molecule is O=C1N[C@H](CO)C[C@H]1COCc1ccccc1. The maximum Gasteiger partial charge on any atom is 0.225 e. The number of ether oxygens (including phenoxy) is 1. The van der Waals surface area contributed by atoms with Crippen molar-refractivity contribution in [2.75, 3.05) is 13.2 Å². The fraction of sp³-hybridized carbons (Fsp3) is 0.462. The third-order valence-corrected chi connectivity index (χ3v) is 2.94. The molecule has 1 aromatic carbocycles. The third-order valence-electron chi connectivity index (χ3n) is 2.94. The van der Waals surface area contributed by atoms with Crippen molar-refractivity contribution in [2.24, 2.45) is 5.92 Å². The maximum absolute atomic E-state index is 11.5. The van der Waals surface area contributed by atoms with Crippen molar-refractivity contribution in [3.05, 3.63) is 35.9 Å². The Labute approximate surface area is 101 Å². The number of hydrogen-bond acceptors (Lipinski definition) is 3. The highest BCUT2D eigenvalue weighted by molar-refractivity contribution is 5.81. The van der Waals surface area contributed by atoms with Gasteiger partial charge < -0.3 is 15.2 Å². The molecule has 17 heavy (non-hydrogen) atoms. The van der Waals surface area contributed by atoms with E-state index < -0.39 is 0 Å². The van der Waals surface area contributed by atoms with Crippen molar-refractivity contribution < 1.29 is 14.6 Å². The zero-order valence-corrected chi connectivity index (χ0v) is 9.63. The van der Waals surface area contributed by atoms with E-state index in [4.69, 9.17) is 9.84 Å². The van der Waals surface area contributed by atoms with Crippen LogP contribution in [0.15, 0.2) is 30.3 Å². The minimum atomic E-state index is -0.129. The molecule has 0 saturated carbocycles. The average Bonchev–Trinajstić information content (AvgIpc) is 2.72. The summed E-state index contributed by atoms with van der Waals surface area (Å²) in [6.45, 7) is 0.937. The lowest BCUT2D eigenvalue weighted by Crippen LogP contribution is -2.29. The molecule has 0 bridgehead atoms. The summed E-state index contributed by atoms with van der Waals surface area (Å²) in [5.74, 6) is -0.145. The van der Waals surface area contributed by atoms with Gasteiger partial charge in [0.2, 0.25) is 5.91 Å². The molecule has 1 fully saturated rings. The zero-order valence-electron chi connectivity index (χ0n) is 9.63. The number of amides is 1. The van der Waals surface area contributed by atoms with Crippen molar-refractivity contribution in [1.29, 1.82) is 0 Å². The van der Waals surface area contributed by atoms with E-state index in [0.29, 0.717) is 19.6 Å². The molecule has 1 heterocycles. The van der Waals surface area contributed by atoms with Gasteiger partial charge in [-0.2, -0.15) is 0 Å². The Hall–Kier alpha value is -1.39. The molecule has 0 unspecified atom stereocenters. The van der Waals surface area contributed by atoms with Crippen molar-refractivity contribution in [1.82, 2.24) is 5.32 Å². The molecule has 0 aliphatic carbocycles. The highest BCUT2D eigenvalue weighted by Crippen LogP contribution is 2.16. The van der Waals surface area contributed by atoms with Gasteiger partial charge >= 0.3 is 0 Å². The van der Waals surface area contributed by atoms with Crippen LogP contribution in [0.2, 0.25) is 0 Å². The molecule has 1 amide bonds. The van der Waals surface area contributed by atoms with E-state index in [2.05, 4.69) is 5.32 Å². The molecule has 1 aromatic rings. The van der Waals surface area contributed by atoms with Gasteiger partial charge in [0.15, 0.2) is 0 Å². The fourth-order valence-electron chi connectivity index (χ4n) is 1.99. The molecule has 1 aliphatic heterocycles. The molecule has 2 N–H and O–H groups in total. The molecule has 2 atom stereocenters. The van der Waals surface area contributed by atoms with Crippen LogP contribution < -0.4 is 5.32 Å². The standard InChI is InChI=1S/C13H17NO3/c15-7-12-6-11(13(16)14-12)9-17-8-10-4-2-1-3-5-10/h1-5,11-12,15H,6-9H2,(H,14,16)/t11-,12-/m0/s1. The number of carbonyl (C=O) groups is 1. The predicted octanol–water partition coefficient (Wildman–Crippen LogP) is 0.700. The Morgan fingerprint density at radius 1 is 1.35 bits per heavy atom. The van der Waals surface area contributed by atoms with E-state index in [-0.39, 0.29) is 24.5 Å². The molecule has 0 radical (unpaired) electrons. The van der Waals surface area contributed by atoms with Gasteiger partial charge in [-0.1, -0.05) is 30.3 Å². The second kappa shape index (κ2) is 5.80. The number of hydrogen-bond donors (Lipinski definition) is 2. The lowest BCUT2D eigenvalue weighted by atomic mass is 10.1. The van der Waals surface area contributed by atoms with Crippen LogP contribution in [-0.2, 0) is 16.1 Å². The van der Waals surface area contributed by atoms with Crippen LogP contribution in [0.4, 0.5) is 0 Å². The minimum Gasteiger partial charge on any atom is -0.394 e. The van der Waals surface area contributed by atoms with Gasteiger partial charge in [-0.15, -0.1) is 0 Å². The van der Waals surface area contributed by atoms with E-state index in [0.717, 1.165) is 5.56 Å². The van der Waals surface area contributed by atoms with Gasteiger partial charge in [0.1, 0.15) is 0 Å². The lowest BCUT2D eigenvalue weighted by Gasteiger charge is -2.08. The van der Waals surface area contributed by atoms with E-state index in [1.54, 1.807) is 0 Å². The third kappa shape index (κ3) is 3.28. The molecule has 92 valence electrons. The zero-order chi connectivity index (χ0) is 12.1. The van der Waals surface area contributed by atoms with Crippen LogP contribution in [0.3, 0.4) is 0 Å². The highest BCUT2D eigenvalue weighted by atomic mass is 16.5. The monoisotopic (exact) mass is 235 g/mol. The van der Waals surface area contributed by atoms with Gasteiger partial charge in [0.05, 0.1) is 31.8 Å². The summed E-state index contributed by atoms with van der Waals surface area (Å²) in [5, 5.41) is 11.7. The molecule has 0 aromatic heterocycles. The molecular formula is C13H17NO3. The number of nitrogens with one attached hydrogen (secondary N) is 1. The van der Waals surface area contributed by atoms with E-state index in [9.17, 15) is 4.79 Å². The van der Waals surface area contributed by atoms with Gasteiger partial charge in [0.25, 0.3) is 0 Å². The first-order valence-corrected chi connectivity index (χ1v) is 5.82. The van der Waals surface area contributed by atoms with Crippen LogP contribution >= 0.6 is 0 Å². The molecule has 1 saturated heterocycles. The summed E-state index contributed by atoms with van der Waals surface area (Å²) >= 11 is 0. The summed E-state index contributed by atoms with van der Waals surface area (Å²) in [6, 6.07) is 9.76. The van der Waals surface area contributed by atoms with Crippen molar-refractivity contribution in [3.8, 4) is 0 Å². The smallest absolute Gasteiger partial charge is 0.225 e. The minimum absolute atomic E-state index is 0.000918. The molecule has 4 nitrogen and oxygen atoms in total. The first-order chi connectivity index (χ1) is 8.29. The first kappa shape index (κ1) is 12.1. The number of rotatable bonds is 5. The van der Waals surface area contributed by atoms with Crippen molar-refractivity contribution in [3.63, 3.8) is 0 Å². The lowest BCUT2D eigenvalue weighted by molar-refractivity contribution is -0.124. The van der Waals surface area contributed by atoms with Crippen molar-refractivity contribution in [2.45, 2.75) is 19.1 Å². The normalized spacial score (nSPS) is 23.7. The van der Waals surface area contributed by atoms with Crippen LogP contribution in [0, 0.1) is 5.92 Å². The van der Waals surface area contributed by atoms with Gasteiger partial charge in [-0.05, 0) is 12.0 Å². The Balaban J connectivity index is 1.74. The number of aliphatic hydroxyl groups excluding tert-OH is 1. The first-order valence-electron chi connectivity index (χ1n) is 5.82. The van der Waals surface area contributed by atoms with Crippen LogP contribution in [0.25, 0.3) is 0 Å². The fourth-order valence-corrected chi connectivity index (χ4v) is 1.99. The Kier molecular flexibility index (Phi) is 4.12. The van der Waals surface area contributed by atoms with Crippen molar-refractivity contribution >= 4 is 5.91 Å². The van der Waals surface area contributed by atoms with Gasteiger partial charge in [-0.25, -0.2) is 0 Å². The summed E-state index contributed by atoms with van der Waals surface area (Å²) in [4.78, 5) is 11.5. The summed E-state index contributed by atoms with van der Waals surface area (Å²) in [5.41, 5.74) is 1.10. The van der Waals surface area contributed by atoms with Gasteiger partial charge in [-0.3, -0.25) is 4.79 Å². The Morgan fingerprint density at radius 2 is 2.12 bits per heavy atom. The molecule has 4 heteroatoms. The van der Waals surface area contributed by atoms with E-state index >= 15 is 0 Å². The van der Waals surface area contributed by atoms with Gasteiger partial charge in [0, 0.05) is 0 Å². The topological polar surface area (TPSA) is 58.6 Å². The largest absolute Gasteiger partial charge is 0.394 e. The molecule has 2 rings (SSSR count). The second-order valence-corrected chi connectivity index (χ2v) is 4.32.